The van der Waals surface area contributed by atoms with Crippen LogP contribution in [-0.2, 0) is 9.84 Å². The number of rotatable bonds is 2. The average molecular weight is 294 g/mol. The van der Waals surface area contributed by atoms with Gasteiger partial charge in [-0.2, -0.15) is 0 Å². The first-order valence-electron chi connectivity index (χ1n) is 6.88. The van der Waals surface area contributed by atoms with E-state index in [1.165, 1.54) is 0 Å². The number of carbonyl (C=O) groups is 1. The molecule has 2 fully saturated rings. The molecule has 1 aromatic rings. The van der Waals surface area contributed by atoms with Gasteiger partial charge in [0.2, 0.25) is 0 Å². The number of sulfone groups is 1. The van der Waals surface area contributed by atoms with Gasteiger partial charge in [0, 0.05) is 12.6 Å². The minimum Gasteiger partial charge on any atom is -0.335 e. The Morgan fingerprint density at radius 1 is 1.20 bits per heavy atom. The summed E-state index contributed by atoms with van der Waals surface area (Å²) in [6.07, 6.45) is 2.04. The Hall–Kier alpha value is -1.56. The molecule has 1 saturated heterocycles. The number of hydrogen-bond donors (Lipinski definition) is 1. The molecule has 1 aliphatic heterocycles. The highest BCUT2D eigenvalue weighted by molar-refractivity contribution is 7.91. The van der Waals surface area contributed by atoms with Crippen LogP contribution in [0.1, 0.15) is 24.4 Å². The Labute approximate surface area is 118 Å². The Bertz CT molecular complexity index is 596. The molecule has 0 bridgehead atoms. The molecule has 3 rings (SSSR count). The molecule has 108 valence electrons. The third-order valence-corrected chi connectivity index (χ3v) is 5.41. The van der Waals surface area contributed by atoms with E-state index >= 15 is 0 Å². The maximum atomic E-state index is 12.3. The highest BCUT2D eigenvalue weighted by Crippen LogP contribution is 2.28. The summed E-state index contributed by atoms with van der Waals surface area (Å²) in [7, 11) is -3.08. The molecule has 1 atom stereocenters. The van der Waals surface area contributed by atoms with Gasteiger partial charge in [-0.15, -0.1) is 0 Å². The van der Waals surface area contributed by atoms with Gasteiger partial charge < -0.3 is 10.2 Å². The van der Waals surface area contributed by atoms with Crippen LogP contribution < -0.4 is 5.32 Å². The van der Waals surface area contributed by atoms with Gasteiger partial charge in [0.15, 0.2) is 9.84 Å². The number of benzene rings is 1. The van der Waals surface area contributed by atoms with Crippen LogP contribution in [0.15, 0.2) is 30.3 Å². The van der Waals surface area contributed by atoms with Crippen LogP contribution in [-0.4, -0.2) is 43.4 Å². The predicted octanol–water partition coefficient (Wildman–Crippen LogP) is 1.33. The molecule has 1 N–H and O–H groups in total. The molecule has 5 nitrogen and oxygen atoms in total. The van der Waals surface area contributed by atoms with Crippen LogP contribution in [0.25, 0.3) is 0 Å². The lowest BCUT2D eigenvalue weighted by Gasteiger charge is -2.35. The van der Waals surface area contributed by atoms with E-state index in [2.05, 4.69) is 5.32 Å². The molecule has 2 aliphatic rings. The molecule has 6 heteroatoms. The summed E-state index contributed by atoms with van der Waals surface area (Å²) in [5, 5.41) is 2.94. The smallest absolute Gasteiger partial charge is 0.318 e. The van der Waals surface area contributed by atoms with Crippen molar-refractivity contribution in [1.82, 2.24) is 10.2 Å². The largest absolute Gasteiger partial charge is 0.335 e. The van der Waals surface area contributed by atoms with Crippen molar-refractivity contribution in [3.05, 3.63) is 35.9 Å². The zero-order chi connectivity index (χ0) is 14.2. The van der Waals surface area contributed by atoms with Crippen LogP contribution in [0.5, 0.6) is 0 Å². The van der Waals surface area contributed by atoms with Crippen LogP contribution in [0.3, 0.4) is 0 Å². The number of nitrogens with one attached hydrogen (secondary N) is 1. The molecule has 0 aromatic heterocycles. The molecular weight excluding hydrogens is 276 g/mol. The fraction of sp³-hybridized carbons (Fsp3) is 0.500. The van der Waals surface area contributed by atoms with Gasteiger partial charge in [-0.3, -0.25) is 0 Å². The Kier molecular flexibility index (Phi) is 3.41. The van der Waals surface area contributed by atoms with Crippen LogP contribution in [0.4, 0.5) is 4.79 Å². The Balaban J connectivity index is 1.84. The van der Waals surface area contributed by atoms with Gasteiger partial charge in [0.1, 0.15) is 0 Å². The minimum atomic E-state index is -3.08. The first-order valence-corrected chi connectivity index (χ1v) is 8.70. The lowest BCUT2D eigenvalue weighted by Crippen LogP contribution is -2.50. The molecule has 0 spiro atoms. The fourth-order valence-corrected chi connectivity index (χ4v) is 3.98. The van der Waals surface area contributed by atoms with E-state index in [0.29, 0.717) is 0 Å². The lowest BCUT2D eigenvalue weighted by atomic mass is 10.1. The summed E-state index contributed by atoms with van der Waals surface area (Å²) in [6, 6.07) is 9.13. The van der Waals surface area contributed by atoms with Crippen molar-refractivity contribution >= 4 is 15.9 Å². The maximum Gasteiger partial charge on any atom is 0.318 e. The average Bonchev–Trinajstić information content (AvgIpc) is 3.22. The second-order valence-corrected chi connectivity index (χ2v) is 7.69. The summed E-state index contributed by atoms with van der Waals surface area (Å²) in [4.78, 5) is 13.9. The van der Waals surface area contributed by atoms with Crippen LogP contribution in [0.2, 0.25) is 0 Å². The first kappa shape index (κ1) is 13.4. The van der Waals surface area contributed by atoms with Crippen LogP contribution >= 0.6 is 0 Å². The topological polar surface area (TPSA) is 66.5 Å². The van der Waals surface area contributed by atoms with Crippen molar-refractivity contribution < 1.29 is 13.2 Å². The zero-order valence-electron chi connectivity index (χ0n) is 11.2. The fourth-order valence-electron chi connectivity index (χ4n) is 2.49. The lowest BCUT2D eigenvalue weighted by molar-refractivity contribution is 0.180. The maximum absolute atomic E-state index is 12.3. The number of amides is 2. The summed E-state index contributed by atoms with van der Waals surface area (Å²) >= 11 is 0. The first-order chi connectivity index (χ1) is 9.55. The van der Waals surface area contributed by atoms with Crippen molar-refractivity contribution in [2.75, 3.05) is 18.1 Å². The van der Waals surface area contributed by atoms with Gasteiger partial charge in [-0.25, -0.2) is 13.2 Å². The SMILES string of the molecule is O=C(NC1CC1)N1CCS(=O)(=O)CC1c1ccccc1. The van der Waals surface area contributed by atoms with Gasteiger partial charge >= 0.3 is 6.03 Å². The van der Waals surface area contributed by atoms with E-state index in [1.54, 1.807) is 4.90 Å². The molecule has 0 radical (unpaired) electrons. The van der Waals surface area contributed by atoms with E-state index < -0.39 is 9.84 Å². The summed E-state index contributed by atoms with van der Waals surface area (Å²) in [6.45, 7) is 0.264. The van der Waals surface area contributed by atoms with Gasteiger partial charge in [0.05, 0.1) is 17.5 Å². The molecule has 1 unspecified atom stereocenters. The standard InChI is InChI=1S/C14H18N2O3S/c17-14(15-12-6-7-12)16-8-9-20(18,19)10-13(16)11-4-2-1-3-5-11/h1-5,12-13H,6-10H2,(H,15,17). The number of hydrogen-bond acceptors (Lipinski definition) is 3. The third kappa shape index (κ3) is 2.95. The van der Waals surface area contributed by atoms with Crippen molar-refractivity contribution in [1.29, 1.82) is 0 Å². The monoisotopic (exact) mass is 294 g/mol. The Morgan fingerprint density at radius 2 is 1.90 bits per heavy atom. The molecule has 20 heavy (non-hydrogen) atoms. The second kappa shape index (κ2) is 5.09. The molecule has 2 amide bonds. The van der Waals surface area contributed by atoms with Crippen LogP contribution in [0, 0.1) is 0 Å². The zero-order valence-corrected chi connectivity index (χ0v) is 12.0. The Morgan fingerprint density at radius 3 is 2.55 bits per heavy atom. The van der Waals surface area contributed by atoms with E-state index in [4.69, 9.17) is 0 Å². The number of nitrogens with zero attached hydrogens (tertiary/aromatic N) is 1. The molecule has 1 saturated carbocycles. The third-order valence-electron chi connectivity index (χ3n) is 3.78. The van der Waals surface area contributed by atoms with Gasteiger partial charge in [0.25, 0.3) is 0 Å². The summed E-state index contributed by atoms with van der Waals surface area (Å²) in [5.74, 6) is 0.0590. The molecular formula is C14H18N2O3S. The van der Waals surface area contributed by atoms with E-state index in [0.717, 1.165) is 18.4 Å². The van der Waals surface area contributed by atoms with E-state index in [9.17, 15) is 13.2 Å². The molecule has 1 aromatic carbocycles. The summed E-state index contributed by atoms with van der Waals surface area (Å²) < 4.78 is 23.8. The highest BCUT2D eigenvalue weighted by atomic mass is 32.2. The van der Waals surface area contributed by atoms with Gasteiger partial charge in [-0.1, -0.05) is 30.3 Å². The molecule has 1 heterocycles. The normalized spacial score (nSPS) is 25.2. The van der Waals surface area contributed by atoms with Crippen molar-refractivity contribution in [2.45, 2.75) is 24.9 Å². The van der Waals surface area contributed by atoms with E-state index in [-0.39, 0.29) is 36.2 Å². The van der Waals surface area contributed by atoms with Crippen molar-refractivity contribution in [3.8, 4) is 0 Å². The number of urea groups is 1. The predicted molar refractivity (Wildman–Crippen MR) is 76.1 cm³/mol. The van der Waals surface area contributed by atoms with Crippen molar-refractivity contribution in [3.63, 3.8) is 0 Å². The van der Waals surface area contributed by atoms with Crippen molar-refractivity contribution in [2.24, 2.45) is 0 Å². The minimum absolute atomic E-state index is 0.00903. The second-order valence-electron chi connectivity index (χ2n) is 5.46. The highest BCUT2D eigenvalue weighted by Gasteiger charge is 2.36. The van der Waals surface area contributed by atoms with Gasteiger partial charge in [-0.05, 0) is 18.4 Å². The summed E-state index contributed by atoms with van der Waals surface area (Å²) in [5.41, 5.74) is 0.877. The molecule has 1 aliphatic carbocycles. The number of carbonyl (C=O) groups excluding carboxylic acids is 1. The van der Waals surface area contributed by atoms with E-state index in [1.807, 2.05) is 30.3 Å². The quantitative estimate of drug-likeness (QED) is 0.895.